The third-order valence-corrected chi connectivity index (χ3v) is 7.27. The number of ether oxygens (including phenoxy) is 1. The fourth-order valence-corrected chi connectivity index (χ4v) is 5.02. The number of hydrogen-bond acceptors (Lipinski definition) is 2. The summed E-state index contributed by atoms with van der Waals surface area (Å²) in [5, 5.41) is 0. The fourth-order valence-electron chi connectivity index (χ4n) is 5.02. The molecular weight excluding hydrogens is 428 g/mol. The van der Waals surface area contributed by atoms with Gasteiger partial charge in [0.2, 0.25) is 0 Å². The van der Waals surface area contributed by atoms with E-state index in [0.717, 1.165) is 13.0 Å². The first kappa shape index (κ1) is 33.8. The van der Waals surface area contributed by atoms with E-state index in [-0.39, 0.29) is 24.0 Å². The van der Waals surface area contributed by atoms with Crippen LogP contribution in [0.3, 0.4) is 0 Å². The van der Waals surface area contributed by atoms with Gasteiger partial charge in [-0.2, -0.15) is 0 Å². The first-order chi connectivity index (χ1) is 16.1. The molecule has 0 aromatic rings. The lowest BCUT2D eigenvalue weighted by Crippen LogP contribution is -2.40. The number of alkyl halides is 2. The average Bonchev–Trinajstić information content (AvgIpc) is 2.77. The van der Waals surface area contributed by atoms with Crippen molar-refractivity contribution in [2.24, 2.45) is 10.8 Å². The number of unbranched alkanes of at least 4 members (excludes halogenated alkanes) is 9. The Kier molecular flexibility index (Phi) is 19.8. The number of halogens is 2. The Balaban J connectivity index is 4.49. The molecule has 0 aromatic carbocycles. The van der Waals surface area contributed by atoms with E-state index in [1.54, 1.807) is 0 Å². The van der Waals surface area contributed by atoms with E-state index in [9.17, 15) is 8.78 Å². The van der Waals surface area contributed by atoms with Crippen molar-refractivity contribution in [1.29, 1.82) is 0 Å². The maximum Gasteiger partial charge on any atom is 0.156 e. The minimum Gasteiger partial charge on any atom is -0.378 e. The molecule has 0 aromatic heterocycles. The van der Waals surface area contributed by atoms with Gasteiger partial charge in [-0.3, -0.25) is 0 Å². The molecule has 2 unspecified atom stereocenters. The highest BCUT2D eigenvalue weighted by atomic mass is 19.2. The molecule has 4 heteroatoms. The van der Waals surface area contributed by atoms with Crippen LogP contribution in [0.25, 0.3) is 0 Å². The Morgan fingerprint density at radius 3 is 1.62 bits per heavy atom. The Hall–Kier alpha value is -0.220. The Labute approximate surface area is 213 Å². The third-order valence-electron chi connectivity index (χ3n) is 7.27. The van der Waals surface area contributed by atoms with Gasteiger partial charge in [0.25, 0.3) is 0 Å². The van der Waals surface area contributed by atoms with Crippen LogP contribution in [0.1, 0.15) is 138 Å². The van der Waals surface area contributed by atoms with E-state index in [4.69, 9.17) is 4.74 Å². The Bertz CT molecular complexity index is 445. The van der Waals surface area contributed by atoms with Gasteiger partial charge in [0.1, 0.15) is 6.17 Å². The van der Waals surface area contributed by atoms with Gasteiger partial charge in [-0.1, -0.05) is 119 Å². The highest BCUT2D eigenvalue weighted by molar-refractivity contribution is 4.81. The maximum absolute atomic E-state index is 14.7. The van der Waals surface area contributed by atoms with Crippen LogP contribution in [-0.4, -0.2) is 50.6 Å². The van der Waals surface area contributed by atoms with Crippen molar-refractivity contribution in [2.45, 2.75) is 150 Å². The zero-order chi connectivity index (χ0) is 25.9. The third kappa shape index (κ3) is 18.1. The van der Waals surface area contributed by atoms with Gasteiger partial charge in [-0.15, -0.1) is 0 Å². The minimum absolute atomic E-state index is 0.0213. The summed E-state index contributed by atoms with van der Waals surface area (Å²) in [4.78, 5) is 2.02. The summed E-state index contributed by atoms with van der Waals surface area (Å²) in [6.07, 6.45) is 15.3. The summed E-state index contributed by atoms with van der Waals surface area (Å²) >= 11 is 0. The molecule has 0 saturated carbocycles. The maximum atomic E-state index is 14.7. The van der Waals surface area contributed by atoms with E-state index in [0.29, 0.717) is 6.61 Å². The molecule has 0 amide bonds. The summed E-state index contributed by atoms with van der Waals surface area (Å²) in [6, 6.07) is 0. The van der Waals surface area contributed by atoms with Crippen LogP contribution in [0, 0.1) is 10.8 Å². The van der Waals surface area contributed by atoms with Crippen LogP contribution in [0.15, 0.2) is 0 Å². The first-order valence-electron chi connectivity index (χ1n) is 14.6. The molecule has 0 fully saturated rings. The second-order valence-corrected chi connectivity index (χ2v) is 12.2. The molecule has 0 rings (SSSR count). The quantitative estimate of drug-likeness (QED) is 0.125. The average molecular weight is 490 g/mol. The predicted octanol–water partition coefficient (Wildman–Crippen LogP) is 9.55. The van der Waals surface area contributed by atoms with E-state index < -0.39 is 12.3 Å². The van der Waals surface area contributed by atoms with E-state index in [1.807, 2.05) is 11.9 Å². The summed E-state index contributed by atoms with van der Waals surface area (Å²) in [5.74, 6) is 0. The van der Waals surface area contributed by atoms with Crippen LogP contribution < -0.4 is 0 Å². The minimum atomic E-state index is -1.56. The van der Waals surface area contributed by atoms with Crippen molar-refractivity contribution in [1.82, 2.24) is 4.90 Å². The lowest BCUT2D eigenvalue weighted by molar-refractivity contribution is -0.00403. The van der Waals surface area contributed by atoms with Crippen molar-refractivity contribution in [2.75, 3.05) is 33.4 Å². The molecule has 0 saturated heterocycles. The van der Waals surface area contributed by atoms with Gasteiger partial charge in [0.15, 0.2) is 6.17 Å². The molecule has 206 valence electrons. The Morgan fingerprint density at radius 2 is 1.15 bits per heavy atom. The highest BCUT2D eigenvalue weighted by Crippen LogP contribution is 2.32. The molecular formula is C30H61F2NO. The summed E-state index contributed by atoms with van der Waals surface area (Å²) < 4.78 is 34.9. The molecule has 0 aliphatic heterocycles. The highest BCUT2D eigenvalue weighted by Gasteiger charge is 2.29. The van der Waals surface area contributed by atoms with Crippen molar-refractivity contribution < 1.29 is 13.5 Å². The molecule has 2 atom stereocenters. The summed E-state index contributed by atoms with van der Waals surface area (Å²) in [5.41, 5.74) is 0.202. The van der Waals surface area contributed by atoms with Crippen LogP contribution in [0.4, 0.5) is 8.78 Å². The smallest absolute Gasteiger partial charge is 0.156 e. The molecule has 0 aliphatic carbocycles. The summed E-state index contributed by atoms with van der Waals surface area (Å²) in [7, 11) is 1.95. The second kappa shape index (κ2) is 19.9. The normalized spacial score (nSPS) is 14.6. The SMILES string of the molecule is CCCCCCC(C)(C)COCC(F)C(F)CN(C)CC(C)(CCCCCC)CCCCCC. The van der Waals surface area contributed by atoms with Crippen LogP contribution in [0.2, 0.25) is 0 Å². The molecule has 0 radical (unpaired) electrons. The fraction of sp³-hybridized carbons (Fsp3) is 1.00. The first-order valence-corrected chi connectivity index (χ1v) is 14.6. The number of rotatable bonds is 24. The van der Waals surface area contributed by atoms with E-state index >= 15 is 0 Å². The van der Waals surface area contributed by atoms with Crippen molar-refractivity contribution in [3.05, 3.63) is 0 Å². The van der Waals surface area contributed by atoms with Crippen molar-refractivity contribution in [3.63, 3.8) is 0 Å². The van der Waals surface area contributed by atoms with Gasteiger partial charge in [-0.05, 0) is 37.1 Å². The molecule has 0 N–H and O–H groups in total. The molecule has 0 heterocycles. The van der Waals surface area contributed by atoms with Gasteiger partial charge in [-0.25, -0.2) is 8.78 Å². The van der Waals surface area contributed by atoms with Gasteiger partial charge >= 0.3 is 0 Å². The van der Waals surface area contributed by atoms with Crippen LogP contribution in [-0.2, 0) is 4.74 Å². The van der Waals surface area contributed by atoms with Crippen LogP contribution >= 0.6 is 0 Å². The number of nitrogens with zero attached hydrogens (tertiary/aromatic N) is 1. The predicted molar refractivity (Wildman–Crippen MR) is 146 cm³/mol. The zero-order valence-corrected chi connectivity index (χ0v) is 24.2. The van der Waals surface area contributed by atoms with E-state index in [1.165, 1.54) is 89.9 Å². The molecule has 34 heavy (non-hydrogen) atoms. The molecule has 0 bridgehead atoms. The van der Waals surface area contributed by atoms with Gasteiger partial charge in [0, 0.05) is 13.1 Å². The van der Waals surface area contributed by atoms with E-state index in [2.05, 4.69) is 41.5 Å². The van der Waals surface area contributed by atoms with Crippen molar-refractivity contribution >= 4 is 0 Å². The molecule has 0 spiro atoms. The monoisotopic (exact) mass is 489 g/mol. The standard InChI is InChI=1S/C30H61F2NO/c1-8-11-14-17-20-29(4,5)26-34-24-28(32)27(31)23-33(7)25-30(6,21-18-15-12-9-2)22-19-16-13-10-3/h27-28H,8-26H2,1-7H3. The molecule has 2 nitrogen and oxygen atoms in total. The lowest BCUT2D eigenvalue weighted by atomic mass is 9.79. The topological polar surface area (TPSA) is 12.5 Å². The van der Waals surface area contributed by atoms with Crippen molar-refractivity contribution in [3.8, 4) is 0 Å². The largest absolute Gasteiger partial charge is 0.378 e. The summed E-state index contributed by atoms with van der Waals surface area (Å²) in [6.45, 7) is 14.7. The number of hydrogen-bond donors (Lipinski definition) is 0. The second-order valence-electron chi connectivity index (χ2n) is 12.2. The van der Waals surface area contributed by atoms with Gasteiger partial charge in [0.05, 0.1) is 13.2 Å². The zero-order valence-electron chi connectivity index (χ0n) is 24.2. The molecule has 0 aliphatic rings. The van der Waals surface area contributed by atoms with Gasteiger partial charge < -0.3 is 9.64 Å². The Morgan fingerprint density at radius 1 is 0.676 bits per heavy atom. The lowest BCUT2D eigenvalue weighted by Gasteiger charge is -2.35. The van der Waals surface area contributed by atoms with Crippen LogP contribution in [0.5, 0.6) is 0 Å².